The number of nitrogens with one attached hydrogen (secondary N) is 3. The number of carbonyl (C=O) groups is 2. The van der Waals surface area contributed by atoms with Crippen molar-refractivity contribution in [3.05, 3.63) is 69.9 Å². The third-order valence-electron chi connectivity index (χ3n) is 3.31. The molecule has 0 spiro atoms. The first kappa shape index (κ1) is 17.2. The summed E-state index contributed by atoms with van der Waals surface area (Å²) in [6, 6.07) is 10.6. The van der Waals surface area contributed by atoms with E-state index in [1.54, 1.807) is 41.8 Å². The van der Waals surface area contributed by atoms with Crippen LogP contribution in [0.4, 0.5) is 0 Å². The lowest BCUT2D eigenvalue weighted by Gasteiger charge is -2.10. The lowest BCUT2D eigenvalue weighted by molar-refractivity contribution is 0.0842. The molecular weight excluding hydrogens is 356 g/mol. The van der Waals surface area contributed by atoms with Gasteiger partial charge in [0.25, 0.3) is 11.8 Å². The zero-order valence-corrected chi connectivity index (χ0v) is 15.0. The Balaban J connectivity index is 1.63. The van der Waals surface area contributed by atoms with Crippen LogP contribution >= 0.6 is 23.1 Å². The molecule has 2 amide bonds. The standard InChI is InChI=1S/C17H16N4O2S2/c1-11-19-12(9-24-11)10-25-15-7-3-2-5-13(15)16(22)20-21-17(23)14-6-4-8-18-14/h2-9,18H,10H2,1H3,(H,20,22)(H,21,23). The predicted octanol–water partition coefficient (Wildman–Crippen LogP) is 3.15. The molecule has 2 aromatic heterocycles. The Bertz CT molecular complexity index is 874. The number of hydrogen-bond acceptors (Lipinski definition) is 5. The van der Waals surface area contributed by atoms with Gasteiger partial charge in [-0.1, -0.05) is 12.1 Å². The van der Waals surface area contributed by atoms with E-state index in [0.717, 1.165) is 15.6 Å². The summed E-state index contributed by atoms with van der Waals surface area (Å²) in [7, 11) is 0. The van der Waals surface area contributed by atoms with Crippen LogP contribution in [0.25, 0.3) is 0 Å². The average Bonchev–Trinajstić information content (AvgIpc) is 3.29. The fraction of sp³-hybridized carbons (Fsp3) is 0.118. The first-order chi connectivity index (χ1) is 12.1. The van der Waals surface area contributed by atoms with Gasteiger partial charge in [-0.05, 0) is 31.2 Å². The number of benzene rings is 1. The van der Waals surface area contributed by atoms with Gasteiger partial charge in [0.15, 0.2) is 0 Å². The predicted molar refractivity (Wildman–Crippen MR) is 98.6 cm³/mol. The Kier molecular flexibility index (Phi) is 5.52. The molecule has 0 aliphatic rings. The summed E-state index contributed by atoms with van der Waals surface area (Å²) in [5.41, 5.74) is 6.71. The van der Waals surface area contributed by atoms with E-state index in [9.17, 15) is 9.59 Å². The van der Waals surface area contributed by atoms with Crippen LogP contribution in [0.1, 0.15) is 31.5 Å². The van der Waals surface area contributed by atoms with Crippen molar-refractivity contribution in [2.45, 2.75) is 17.6 Å². The van der Waals surface area contributed by atoms with Crippen molar-refractivity contribution >= 4 is 34.9 Å². The Morgan fingerprint density at radius 3 is 2.68 bits per heavy atom. The molecule has 0 aliphatic carbocycles. The number of nitrogens with zero attached hydrogens (tertiary/aromatic N) is 1. The molecule has 0 saturated carbocycles. The molecule has 3 aromatic rings. The van der Waals surface area contributed by atoms with Gasteiger partial charge in [0, 0.05) is 22.2 Å². The molecule has 128 valence electrons. The van der Waals surface area contributed by atoms with E-state index in [1.807, 2.05) is 24.4 Å². The van der Waals surface area contributed by atoms with Crippen LogP contribution in [0.3, 0.4) is 0 Å². The maximum Gasteiger partial charge on any atom is 0.286 e. The van der Waals surface area contributed by atoms with Gasteiger partial charge in [0.2, 0.25) is 0 Å². The highest BCUT2D eigenvalue weighted by Gasteiger charge is 2.13. The monoisotopic (exact) mass is 372 g/mol. The number of aryl methyl sites for hydroxylation is 1. The zero-order chi connectivity index (χ0) is 17.6. The van der Waals surface area contributed by atoms with E-state index in [0.29, 0.717) is 17.0 Å². The number of amides is 2. The molecule has 0 radical (unpaired) electrons. The molecular formula is C17H16N4O2S2. The molecule has 0 atom stereocenters. The largest absolute Gasteiger partial charge is 0.357 e. The summed E-state index contributed by atoms with van der Waals surface area (Å²) < 4.78 is 0. The summed E-state index contributed by atoms with van der Waals surface area (Å²) in [5.74, 6) is -0.0809. The van der Waals surface area contributed by atoms with Crippen molar-refractivity contribution in [3.8, 4) is 0 Å². The van der Waals surface area contributed by atoms with Gasteiger partial charge in [-0.15, -0.1) is 23.1 Å². The number of aromatic nitrogens is 2. The number of hydrogen-bond donors (Lipinski definition) is 3. The summed E-state index contributed by atoms with van der Waals surface area (Å²) in [5, 5.41) is 3.04. The Labute approximate surface area is 153 Å². The van der Waals surface area contributed by atoms with Crippen LogP contribution in [-0.4, -0.2) is 21.8 Å². The molecule has 8 heteroatoms. The molecule has 2 heterocycles. The van der Waals surface area contributed by atoms with E-state index in [4.69, 9.17) is 0 Å². The van der Waals surface area contributed by atoms with Crippen molar-refractivity contribution in [2.75, 3.05) is 0 Å². The second-order valence-corrected chi connectivity index (χ2v) is 7.21. The molecule has 1 aromatic carbocycles. The van der Waals surface area contributed by atoms with Gasteiger partial charge in [-0.25, -0.2) is 4.98 Å². The Morgan fingerprint density at radius 2 is 1.96 bits per heavy atom. The number of rotatable bonds is 5. The van der Waals surface area contributed by atoms with E-state index in [2.05, 4.69) is 20.8 Å². The second-order valence-electron chi connectivity index (χ2n) is 5.13. The molecule has 6 nitrogen and oxygen atoms in total. The minimum Gasteiger partial charge on any atom is -0.357 e. The van der Waals surface area contributed by atoms with Gasteiger partial charge in [-0.3, -0.25) is 20.4 Å². The highest BCUT2D eigenvalue weighted by molar-refractivity contribution is 7.98. The third kappa shape index (κ3) is 4.49. The Hall–Kier alpha value is -2.58. The van der Waals surface area contributed by atoms with Crippen molar-refractivity contribution in [1.82, 2.24) is 20.8 Å². The van der Waals surface area contributed by atoms with Crippen LogP contribution in [0.5, 0.6) is 0 Å². The van der Waals surface area contributed by atoms with Crippen LogP contribution in [0, 0.1) is 6.92 Å². The van der Waals surface area contributed by atoms with E-state index in [-0.39, 0.29) is 5.91 Å². The first-order valence-electron chi connectivity index (χ1n) is 7.50. The SMILES string of the molecule is Cc1nc(CSc2ccccc2C(=O)NNC(=O)c2ccc[nH]2)cs1. The molecule has 25 heavy (non-hydrogen) atoms. The van der Waals surface area contributed by atoms with Crippen LogP contribution < -0.4 is 10.9 Å². The normalized spacial score (nSPS) is 10.4. The van der Waals surface area contributed by atoms with Gasteiger partial charge in [0.05, 0.1) is 16.3 Å². The zero-order valence-electron chi connectivity index (χ0n) is 13.4. The lowest BCUT2D eigenvalue weighted by atomic mass is 10.2. The van der Waals surface area contributed by atoms with E-state index >= 15 is 0 Å². The van der Waals surface area contributed by atoms with Gasteiger partial charge in [-0.2, -0.15) is 0 Å². The molecule has 3 rings (SSSR count). The summed E-state index contributed by atoms with van der Waals surface area (Å²) >= 11 is 3.14. The smallest absolute Gasteiger partial charge is 0.286 e. The third-order valence-corrected chi connectivity index (χ3v) is 5.24. The van der Waals surface area contributed by atoms with Crippen molar-refractivity contribution in [3.63, 3.8) is 0 Å². The lowest BCUT2D eigenvalue weighted by Crippen LogP contribution is -2.41. The van der Waals surface area contributed by atoms with Crippen LogP contribution in [-0.2, 0) is 5.75 Å². The quantitative estimate of drug-likeness (QED) is 0.474. The topological polar surface area (TPSA) is 86.9 Å². The number of aromatic amines is 1. The highest BCUT2D eigenvalue weighted by atomic mass is 32.2. The maximum atomic E-state index is 12.4. The molecule has 0 bridgehead atoms. The first-order valence-corrected chi connectivity index (χ1v) is 9.37. The summed E-state index contributed by atoms with van der Waals surface area (Å²) in [6.07, 6.45) is 1.64. The number of carbonyl (C=O) groups excluding carboxylic acids is 2. The number of thiazole rings is 1. The van der Waals surface area contributed by atoms with Gasteiger partial charge in [0.1, 0.15) is 5.69 Å². The number of hydrazine groups is 1. The van der Waals surface area contributed by atoms with Crippen molar-refractivity contribution < 1.29 is 9.59 Å². The Morgan fingerprint density at radius 1 is 1.16 bits per heavy atom. The van der Waals surface area contributed by atoms with Crippen molar-refractivity contribution in [2.24, 2.45) is 0 Å². The molecule has 0 aliphatic heterocycles. The molecule has 3 N–H and O–H groups in total. The van der Waals surface area contributed by atoms with Gasteiger partial charge >= 0.3 is 0 Å². The maximum absolute atomic E-state index is 12.4. The minimum absolute atomic E-state index is 0.363. The van der Waals surface area contributed by atoms with Crippen molar-refractivity contribution in [1.29, 1.82) is 0 Å². The summed E-state index contributed by atoms with van der Waals surface area (Å²) in [4.78, 5) is 32.3. The second kappa shape index (κ2) is 8.00. The summed E-state index contributed by atoms with van der Waals surface area (Å²) in [6.45, 7) is 1.97. The van der Waals surface area contributed by atoms with Crippen LogP contribution in [0.15, 0.2) is 52.9 Å². The number of H-pyrrole nitrogens is 1. The highest BCUT2D eigenvalue weighted by Crippen LogP contribution is 2.26. The fourth-order valence-electron chi connectivity index (χ4n) is 2.13. The molecule has 0 unspecified atom stereocenters. The number of thioether (sulfide) groups is 1. The van der Waals surface area contributed by atoms with E-state index < -0.39 is 5.91 Å². The molecule has 0 saturated heterocycles. The van der Waals surface area contributed by atoms with Gasteiger partial charge < -0.3 is 4.98 Å². The minimum atomic E-state index is -0.401. The fourth-order valence-corrected chi connectivity index (χ4v) is 3.79. The molecule has 0 fully saturated rings. The average molecular weight is 372 g/mol. The van der Waals surface area contributed by atoms with E-state index in [1.165, 1.54) is 11.8 Å². The van der Waals surface area contributed by atoms with Crippen LogP contribution in [0.2, 0.25) is 0 Å².